The Hall–Kier alpha value is -0.0800. The van der Waals surface area contributed by atoms with E-state index in [1.807, 2.05) is 0 Å². The second-order valence-corrected chi connectivity index (χ2v) is 4.93. The van der Waals surface area contributed by atoms with Gasteiger partial charge >= 0.3 is 0 Å². The lowest BCUT2D eigenvalue weighted by Gasteiger charge is -2.29. The van der Waals surface area contributed by atoms with E-state index in [4.69, 9.17) is 5.73 Å². The van der Waals surface area contributed by atoms with Crippen molar-refractivity contribution in [3.8, 4) is 0 Å². The van der Waals surface area contributed by atoms with Crippen molar-refractivity contribution in [2.24, 2.45) is 11.7 Å². The van der Waals surface area contributed by atoms with Gasteiger partial charge in [0.15, 0.2) is 0 Å². The Bertz CT molecular complexity index is 139. The molecule has 0 bridgehead atoms. The summed E-state index contributed by atoms with van der Waals surface area (Å²) in [4.78, 5) is 2.53. The van der Waals surface area contributed by atoms with Crippen molar-refractivity contribution >= 4 is 0 Å². The molecule has 0 heterocycles. The Morgan fingerprint density at radius 1 is 1.21 bits per heavy atom. The molecule has 2 heteroatoms. The van der Waals surface area contributed by atoms with E-state index in [0.717, 1.165) is 12.6 Å². The van der Waals surface area contributed by atoms with Crippen LogP contribution in [0.3, 0.4) is 0 Å². The minimum atomic E-state index is 0.642. The van der Waals surface area contributed by atoms with Crippen LogP contribution in [0.4, 0.5) is 0 Å². The fraction of sp³-hybridized carbons (Fsp3) is 1.00. The zero-order chi connectivity index (χ0) is 10.4. The van der Waals surface area contributed by atoms with Gasteiger partial charge in [0.25, 0.3) is 0 Å². The third kappa shape index (κ3) is 3.97. The minimum absolute atomic E-state index is 0.642. The molecule has 0 saturated heterocycles. The zero-order valence-electron chi connectivity index (χ0n) is 9.84. The predicted octanol–water partition coefficient (Wildman–Crippen LogP) is 2.24. The summed E-state index contributed by atoms with van der Waals surface area (Å²) in [6.45, 7) is 4.23. The molecule has 1 atom stereocenters. The predicted molar refractivity (Wildman–Crippen MR) is 62.3 cm³/mol. The first-order valence-corrected chi connectivity index (χ1v) is 6.14. The van der Waals surface area contributed by atoms with Crippen molar-refractivity contribution in [3.05, 3.63) is 0 Å². The summed E-state index contributed by atoms with van der Waals surface area (Å²) in [5.74, 6) is 0.642. The van der Waals surface area contributed by atoms with Crippen molar-refractivity contribution in [2.75, 3.05) is 20.1 Å². The molecule has 1 fully saturated rings. The molecule has 14 heavy (non-hydrogen) atoms. The number of hydrogen-bond donors (Lipinski definition) is 1. The van der Waals surface area contributed by atoms with E-state index in [9.17, 15) is 0 Å². The maximum Gasteiger partial charge on any atom is 0.00923 e. The minimum Gasteiger partial charge on any atom is -0.330 e. The summed E-state index contributed by atoms with van der Waals surface area (Å²) in [7, 11) is 2.27. The molecule has 0 radical (unpaired) electrons. The molecule has 2 N–H and O–H groups in total. The molecule has 1 saturated carbocycles. The molecular formula is C12H26N2. The van der Waals surface area contributed by atoms with Crippen molar-refractivity contribution in [2.45, 2.75) is 51.5 Å². The van der Waals surface area contributed by atoms with Crippen LogP contribution in [-0.4, -0.2) is 31.1 Å². The second kappa shape index (κ2) is 6.41. The van der Waals surface area contributed by atoms with Crippen molar-refractivity contribution in [1.82, 2.24) is 4.90 Å². The van der Waals surface area contributed by atoms with Crippen LogP contribution in [0.25, 0.3) is 0 Å². The van der Waals surface area contributed by atoms with E-state index in [1.165, 1.54) is 45.1 Å². The standard InChI is InChI=1S/C12H26N2/c1-11(9-13)10-14(2)12-7-5-3-4-6-8-12/h11-12H,3-10,13H2,1-2H3. The van der Waals surface area contributed by atoms with E-state index in [-0.39, 0.29) is 0 Å². The van der Waals surface area contributed by atoms with Crippen LogP contribution >= 0.6 is 0 Å². The Balaban J connectivity index is 2.30. The quantitative estimate of drug-likeness (QED) is 0.702. The van der Waals surface area contributed by atoms with Crippen molar-refractivity contribution < 1.29 is 0 Å². The molecule has 0 spiro atoms. The van der Waals surface area contributed by atoms with Gasteiger partial charge in [0.2, 0.25) is 0 Å². The number of rotatable bonds is 4. The molecule has 0 aromatic carbocycles. The fourth-order valence-electron chi connectivity index (χ4n) is 2.41. The molecular weight excluding hydrogens is 172 g/mol. The van der Waals surface area contributed by atoms with Gasteiger partial charge in [-0.05, 0) is 32.4 Å². The highest BCUT2D eigenvalue weighted by molar-refractivity contribution is 4.73. The highest BCUT2D eigenvalue weighted by Crippen LogP contribution is 2.21. The van der Waals surface area contributed by atoms with Gasteiger partial charge in [0, 0.05) is 12.6 Å². The molecule has 2 nitrogen and oxygen atoms in total. The monoisotopic (exact) mass is 198 g/mol. The summed E-state index contributed by atoms with van der Waals surface area (Å²) in [6.07, 6.45) is 8.52. The Morgan fingerprint density at radius 3 is 2.29 bits per heavy atom. The Morgan fingerprint density at radius 2 is 1.79 bits per heavy atom. The third-order valence-corrected chi connectivity index (χ3v) is 3.45. The lowest BCUT2D eigenvalue weighted by Crippen LogP contribution is -2.36. The summed E-state index contributed by atoms with van der Waals surface area (Å²) in [6, 6.07) is 0.825. The lowest BCUT2D eigenvalue weighted by atomic mass is 10.1. The highest BCUT2D eigenvalue weighted by atomic mass is 15.1. The molecule has 0 aliphatic heterocycles. The summed E-state index contributed by atoms with van der Waals surface area (Å²) < 4.78 is 0. The van der Waals surface area contributed by atoms with Crippen molar-refractivity contribution in [1.29, 1.82) is 0 Å². The first-order chi connectivity index (χ1) is 6.74. The van der Waals surface area contributed by atoms with Gasteiger partial charge in [0.1, 0.15) is 0 Å². The smallest absolute Gasteiger partial charge is 0.00923 e. The van der Waals surface area contributed by atoms with Crippen LogP contribution in [0, 0.1) is 5.92 Å². The van der Waals surface area contributed by atoms with E-state index in [0.29, 0.717) is 5.92 Å². The van der Waals surface area contributed by atoms with E-state index < -0.39 is 0 Å². The van der Waals surface area contributed by atoms with Crippen LogP contribution in [-0.2, 0) is 0 Å². The van der Waals surface area contributed by atoms with Crippen LogP contribution in [0.1, 0.15) is 45.4 Å². The van der Waals surface area contributed by atoms with Gasteiger partial charge in [0.05, 0.1) is 0 Å². The molecule has 1 unspecified atom stereocenters. The molecule has 1 rings (SSSR count). The molecule has 0 amide bonds. The summed E-state index contributed by atoms with van der Waals surface area (Å²) in [5.41, 5.74) is 5.65. The number of nitrogens with two attached hydrogens (primary N) is 1. The van der Waals surface area contributed by atoms with Crippen LogP contribution < -0.4 is 5.73 Å². The number of hydrogen-bond acceptors (Lipinski definition) is 2. The van der Waals surface area contributed by atoms with Gasteiger partial charge in [-0.25, -0.2) is 0 Å². The largest absolute Gasteiger partial charge is 0.330 e. The van der Waals surface area contributed by atoms with Crippen LogP contribution in [0.15, 0.2) is 0 Å². The number of nitrogens with zero attached hydrogens (tertiary/aromatic N) is 1. The summed E-state index contributed by atoms with van der Waals surface area (Å²) >= 11 is 0. The fourth-order valence-corrected chi connectivity index (χ4v) is 2.41. The maximum absolute atomic E-state index is 5.65. The Kier molecular flexibility index (Phi) is 5.49. The second-order valence-electron chi connectivity index (χ2n) is 4.93. The van der Waals surface area contributed by atoms with Crippen LogP contribution in [0.5, 0.6) is 0 Å². The topological polar surface area (TPSA) is 29.3 Å². The maximum atomic E-state index is 5.65. The third-order valence-electron chi connectivity index (χ3n) is 3.45. The normalized spacial score (nSPS) is 22.3. The SMILES string of the molecule is CC(CN)CN(C)C1CCCCCC1. The molecule has 0 aromatic heterocycles. The van der Waals surface area contributed by atoms with Gasteiger partial charge in [-0.1, -0.05) is 32.6 Å². The molecule has 0 aromatic rings. The van der Waals surface area contributed by atoms with Gasteiger partial charge in [-0.3, -0.25) is 0 Å². The average Bonchev–Trinajstić information content (AvgIpc) is 2.45. The molecule has 1 aliphatic rings. The van der Waals surface area contributed by atoms with E-state index in [1.54, 1.807) is 0 Å². The molecule has 84 valence electrons. The summed E-state index contributed by atoms with van der Waals surface area (Å²) in [5, 5.41) is 0. The first kappa shape index (κ1) is 12.0. The van der Waals surface area contributed by atoms with Crippen LogP contribution in [0.2, 0.25) is 0 Å². The average molecular weight is 198 g/mol. The first-order valence-electron chi connectivity index (χ1n) is 6.14. The molecule has 1 aliphatic carbocycles. The Labute approximate surface area is 88.8 Å². The highest BCUT2D eigenvalue weighted by Gasteiger charge is 2.17. The zero-order valence-corrected chi connectivity index (χ0v) is 9.84. The lowest BCUT2D eigenvalue weighted by molar-refractivity contribution is 0.196. The van der Waals surface area contributed by atoms with Gasteiger partial charge in [-0.15, -0.1) is 0 Å². The van der Waals surface area contributed by atoms with Crippen molar-refractivity contribution in [3.63, 3.8) is 0 Å². The van der Waals surface area contributed by atoms with E-state index in [2.05, 4.69) is 18.9 Å². The van der Waals surface area contributed by atoms with Gasteiger partial charge in [-0.2, -0.15) is 0 Å². The van der Waals surface area contributed by atoms with Gasteiger partial charge < -0.3 is 10.6 Å². The van der Waals surface area contributed by atoms with E-state index >= 15 is 0 Å².